The number of fused-ring (bicyclic) bond motifs is 1. The summed E-state index contributed by atoms with van der Waals surface area (Å²) in [5, 5.41) is 13.9. The van der Waals surface area contributed by atoms with Crippen LogP contribution >= 0.6 is 0 Å². The van der Waals surface area contributed by atoms with Gasteiger partial charge in [0.05, 0.1) is 19.4 Å². The van der Waals surface area contributed by atoms with Crippen LogP contribution in [0.25, 0.3) is 0 Å². The van der Waals surface area contributed by atoms with Crippen molar-refractivity contribution in [2.75, 3.05) is 17.7 Å². The third kappa shape index (κ3) is 2.65. The number of hydrogen-bond acceptors (Lipinski definition) is 4. The van der Waals surface area contributed by atoms with Crippen LogP contribution in [-0.4, -0.2) is 30.2 Å². The fourth-order valence-corrected chi connectivity index (χ4v) is 1.95. The first-order valence-corrected chi connectivity index (χ1v) is 5.53. The minimum atomic E-state index is -1.06. The molecule has 1 aliphatic heterocycles. The molecule has 100 valence electrons. The van der Waals surface area contributed by atoms with E-state index >= 15 is 0 Å². The van der Waals surface area contributed by atoms with Crippen molar-refractivity contribution in [1.29, 1.82) is 0 Å². The minimum absolute atomic E-state index is 0.291. The molecule has 7 heteroatoms. The van der Waals surface area contributed by atoms with Gasteiger partial charge in [-0.3, -0.25) is 14.9 Å². The van der Waals surface area contributed by atoms with Gasteiger partial charge >= 0.3 is 12.1 Å². The smallest absolute Gasteiger partial charge is 0.411 e. The second-order valence-electron chi connectivity index (χ2n) is 4.06. The van der Waals surface area contributed by atoms with Gasteiger partial charge < -0.3 is 15.2 Å². The van der Waals surface area contributed by atoms with Crippen molar-refractivity contribution in [2.24, 2.45) is 0 Å². The van der Waals surface area contributed by atoms with Crippen LogP contribution in [0.2, 0.25) is 0 Å². The number of anilines is 2. The van der Waals surface area contributed by atoms with Crippen molar-refractivity contribution in [1.82, 2.24) is 0 Å². The molecule has 0 bridgehead atoms. The molecule has 2 rings (SSSR count). The summed E-state index contributed by atoms with van der Waals surface area (Å²) in [6.45, 7) is 0. The maximum Gasteiger partial charge on any atom is 0.411 e. The standard InChI is InChI=1S/C12H12N2O5/c1-19-12(18)13-6-2-3-9-7(4-6)8(5-10(15)16)11(17)14-9/h2-4,8H,5H2,1H3,(H,13,18)(H,14,17)(H,15,16). The molecule has 19 heavy (non-hydrogen) atoms. The van der Waals surface area contributed by atoms with E-state index in [0.29, 0.717) is 16.9 Å². The zero-order valence-electron chi connectivity index (χ0n) is 10.1. The van der Waals surface area contributed by atoms with E-state index in [1.54, 1.807) is 18.2 Å². The summed E-state index contributed by atoms with van der Waals surface area (Å²) in [6.07, 6.45) is -0.924. The van der Waals surface area contributed by atoms with Crippen LogP contribution in [0, 0.1) is 0 Å². The number of carboxylic acids is 1. The molecule has 1 aromatic carbocycles. The van der Waals surface area contributed by atoms with Crippen LogP contribution in [-0.2, 0) is 14.3 Å². The number of carbonyl (C=O) groups excluding carboxylic acids is 2. The Morgan fingerprint density at radius 1 is 1.47 bits per heavy atom. The number of nitrogens with one attached hydrogen (secondary N) is 2. The average Bonchev–Trinajstić information content (AvgIpc) is 2.65. The monoisotopic (exact) mass is 264 g/mol. The second kappa shape index (κ2) is 4.97. The first-order chi connectivity index (χ1) is 9.01. The predicted molar refractivity (Wildman–Crippen MR) is 66.1 cm³/mol. The van der Waals surface area contributed by atoms with Crippen LogP contribution in [0.15, 0.2) is 18.2 Å². The number of aliphatic carboxylic acids is 1. The molecule has 1 aliphatic rings. The van der Waals surface area contributed by atoms with Crippen LogP contribution < -0.4 is 10.6 Å². The van der Waals surface area contributed by atoms with Gasteiger partial charge in [-0.05, 0) is 23.8 Å². The minimum Gasteiger partial charge on any atom is -0.481 e. The molecule has 0 saturated carbocycles. The number of ether oxygens (including phenoxy) is 1. The number of benzene rings is 1. The Morgan fingerprint density at radius 3 is 2.84 bits per heavy atom. The SMILES string of the molecule is COC(=O)Nc1ccc2c(c1)C(CC(=O)O)C(=O)N2. The molecule has 0 radical (unpaired) electrons. The fourth-order valence-electron chi connectivity index (χ4n) is 1.95. The molecule has 0 spiro atoms. The van der Waals surface area contributed by atoms with Crippen molar-refractivity contribution in [3.63, 3.8) is 0 Å². The van der Waals surface area contributed by atoms with Crippen LogP contribution in [0.4, 0.5) is 16.2 Å². The van der Waals surface area contributed by atoms with Gasteiger partial charge in [-0.25, -0.2) is 4.79 Å². The summed E-state index contributed by atoms with van der Waals surface area (Å²) in [5.74, 6) is -2.15. The summed E-state index contributed by atoms with van der Waals surface area (Å²) < 4.78 is 4.46. The Morgan fingerprint density at radius 2 is 2.21 bits per heavy atom. The maximum atomic E-state index is 11.7. The summed E-state index contributed by atoms with van der Waals surface area (Å²) in [6, 6.07) is 4.78. The predicted octanol–water partition coefficient (Wildman–Crippen LogP) is 1.38. The molecule has 1 unspecified atom stereocenters. The Kier molecular flexibility index (Phi) is 3.37. The highest BCUT2D eigenvalue weighted by molar-refractivity contribution is 6.05. The molecule has 0 fully saturated rings. The summed E-state index contributed by atoms with van der Waals surface area (Å²) in [7, 11) is 1.24. The van der Waals surface area contributed by atoms with Gasteiger partial charge in [-0.1, -0.05) is 0 Å². The number of carbonyl (C=O) groups is 3. The first kappa shape index (κ1) is 12.9. The van der Waals surface area contributed by atoms with Crippen molar-refractivity contribution in [3.05, 3.63) is 23.8 Å². The Labute approximate surface area is 108 Å². The van der Waals surface area contributed by atoms with E-state index in [1.165, 1.54) is 7.11 Å². The number of carboxylic acid groups (broad SMARTS) is 1. The average molecular weight is 264 g/mol. The largest absolute Gasteiger partial charge is 0.481 e. The highest BCUT2D eigenvalue weighted by Gasteiger charge is 2.32. The third-order valence-corrected chi connectivity index (χ3v) is 2.81. The quantitative estimate of drug-likeness (QED) is 0.764. The summed E-state index contributed by atoms with van der Waals surface area (Å²) in [5.41, 5.74) is 1.56. The van der Waals surface area contributed by atoms with E-state index < -0.39 is 18.0 Å². The normalized spacial score (nSPS) is 16.5. The second-order valence-corrected chi connectivity index (χ2v) is 4.06. The maximum absolute atomic E-state index is 11.7. The lowest BCUT2D eigenvalue weighted by atomic mass is 9.97. The molecule has 2 amide bonds. The zero-order valence-corrected chi connectivity index (χ0v) is 10.1. The molecular weight excluding hydrogens is 252 g/mol. The Hall–Kier alpha value is -2.57. The van der Waals surface area contributed by atoms with Crippen molar-refractivity contribution < 1.29 is 24.2 Å². The van der Waals surface area contributed by atoms with Gasteiger partial charge in [0.1, 0.15) is 0 Å². The van der Waals surface area contributed by atoms with E-state index in [9.17, 15) is 14.4 Å². The van der Waals surface area contributed by atoms with Crippen molar-refractivity contribution in [2.45, 2.75) is 12.3 Å². The lowest BCUT2D eigenvalue weighted by Crippen LogP contribution is -2.15. The number of hydrogen-bond donors (Lipinski definition) is 3. The van der Waals surface area contributed by atoms with E-state index in [4.69, 9.17) is 5.11 Å². The van der Waals surface area contributed by atoms with Gasteiger partial charge in [0.15, 0.2) is 0 Å². The lowest BCUT2D eigenvalue weighted by Gasteiger charge is -2.08. The van der Waals surface area contributed by atoms with Crippen LogP contribution in [0.1, 0.15) is 17.9 Å². The molecule has 1 aromatic rings. The topological polar surface area (TPSA) is 105 Å². The number of amides is 2. The molecule has 0 saturated heterocycles. The van der Waals surface area contributed by atoms with Gasteiger partial charge in [-0.15, -0.1) is 0 Å². The number of methoxy groups -OCH3 is 1. The van der Waals surface area contributed by atoms with Gasteiger partial charge in [0, 0.05) is 11.4 Å². The number of rotatable bonds is 3. The summed E-state index contributed by atoms with van der Waals surface area (Å²) >= 11 is 0. The fraction of sp³-hybridized carbons (Fsp3) is 0.250. The molecule has 0 aromatic heterocycles. The van der Waals surface area contributed by atoms with E-state index in [2.05, 4.69) is 15.4 Å². The highest BCUT2D eigenvalue weighted by Crippen LogP contribution is 2.36. The van der Waals surface area contributed by atoms with E-state index in [1.807, 2.05) is 0 Å². The van der Waals surface area contributed by atoms with Crippen LogP contribution in [0.3, 0.4) is 0 Å². The van der Waals surface area contributed by atoms with Gasteiger partial charge in [0.25, 0.3) is 0 Å². The van der Waals surface area contributed by atoms with Crippen molar-refractivity contribution in [3.8, 4) is 0 Å². The first-order valence-electron chi connectivity index (χ1n) is 5.53. The molecule has 3 N–H and O–H groups in total. The summed E-state index contributed by atoms with van der Waals surface area (Å²) in [4.78, 5) is 33.5. The third-order valence-electron chi connectivity index (χ3n) is 2.81. The van der Waals surface area contributed by atoms with Crippen LogP contribution in [0.5, 0.6) is 0 Å². The zero-order chi connectivity index (χ0) is 14.0. The lowest BCUT2D eigenvalue weighted by molar-refractivity contribution is -0.138. The molecule has 1 atom stereocenters. The molecule has 1 heterocycles. The van der Waals surface area contributed by atoms with Gasteiger partial charge in [-0.2, -0.15) is 0 Å². The highest BCUT2D eigenvalue weighted by atomic mass is 16.5. The van der Waals surface area contributed by atoms with Crippen molar-refractivity contribution >= 4 is 29.3 Å². The van der Waals surface area contributed by atoms with E-state index in [-0.39, 0.29) is 12.3 Å². The molecule has 7 nitrogen and oxygen atoms in total. The van der Waals surface area contributed by atoms with E-state index in [0.717, 1.165) is 0 Å². The Bertz CT molecular complexity index is 555. The van der Waals surface area contributed by atoms with Gasteiger partial charge in [0.2, 0.25) is 5.91 Å². The molecule has 0 aliphatic carbocycles. The Balaban J connectivity index is 2.28. The molecular formula is C12H12N2O5.